The van der Waals surface area contributed by atoms with Crippen molar-refractivity contribution in [3.05, 3.63) is 21.3 Å². The molecule has 13 heteroatoms. The van der Waals surface area contributed by atoms with Crippen LogP contribution in [0.4, 0.5) is 5.13 Å². The lowest BCUT2D eigenvalue weighted by molar-refractivity contribution is -0.150. The number of nitrogen functional groups attached to an aromatic ring is 1. The monoisotopic (exact) mass is 445 g/mol. The predicted molar refractivity (Wildman–Crippen MR) is 105 cm³/mol. The summed E-state index contributed by atoms with van der Waals surface area (Å²) in [5.74, 6) is -1.93. The predicted octanol–water partition coefficient (Wildman–Crippen LogP) is 0.878. The van der Waals surface area contributed by atoms with Crippen LogP contribution in [0.15, 0.2) is 16.4 Å². The second-order valence-electron chi connectivity index (χ2n) is 5.77. The van der Waals surface area contributed by atoms with Crippen molar-refractivity contribution in [1.29, 1.82) is 0 Å². The maximum absolute atomic E-state index is 12.7. The molecule has 1 aromatic heterocycles. The van der Waals surface area contributed by atoms with E-state index >= 15 is 0 Å². The molecule has 0 aliphatic carbocycles. The van der Waals surface area contributed by atoms with Gasteiger partial charge in [0.2, 0.25) is 0 Å². The molecular weight excluding hydrogens is 430 g/mol. The molecule has 2 aliphatic heterocycles. The number of carboxylic acids is 1. The van der Waals surface area contributed by atoms with Gasteiger partial charge in [-0.15, -0.1) is 11.8 Å². The maximum Gasteiger partial charge on any atom is 0.352 e. The molecule has 0 spiro atoms. The molecule has 28 heavy (non-hydrogen) atoms. The highest BCUT2D eigenvalue weighted by atomic mass is 35.5. The number of nitrogens with two attached hydrogens (primary N) is 1. The smallest absolute Gasteiger partial charge is 0.352 e. The molecule has 0 radical (unpaired) electrons. The first-order valence-corrected chi connectivity index (χ1v) is 10.3. The topological polar surface area (TPSA) is 147 Å². The maximum atomic E-state index is 12.7. The van der Waals surface area contributed by atoms with Gasteiger partial charge in [0, 0.05) is 5.75 Å². The van der Waals surface area contributed by atoms with Crippen molar-refractivity contribution in [3.63, 3.8) is 0 Å². The number of amides is 2. The lowest BCUT2D eigenvalue weighted by Crippen LogP contribution is -2.71. The van der Waals surface area contributed by atoms with E-state index in [2.05, 4.69) is 15.5 Å². The fourth-order valence-corrected chi connectivity index (χ4v) is 5.29. The van der Waals surface area contributed by atoms with E-state index in [-0.39, 0.29) is 26.6 Å². The van der Waals surface area contributed by atoms with Crippen LogP contribution >= 0.6 is 34.7 Å². The number of halogens is 1. The Kier molecular flexibility index (Phi) is 5.82. The van der Waals surface area contributed by atoms with E-state index in [9.17, 15) is 19.5 Å². The van der Waals surface area contributed by atoms with E-state index in [1.165, 1.54) is 23.8 Å². The summed E-state index contributed by atoms with van der Waals surface area (Å²) in [5.41, 5.74) is 6.09. The molecule has 10 nitrogen and oxygen atoms in total. The molecule has 1 aromatic rings. The Morgan fingerprint density at radius 3 is 2.79 bits per heavy atom. The van der Waals surface area contributed by atoms with E-state index < -0.39 is 29.2 Å². The fourth-order valence-electron chi connectivity index (χ4n) is 2.91. The molecule has 4 N–H and O–H groups in total. The Labute approximate surface area is 172 Å². The van der Waals surface area contributed by atoms with Gasteiger partial charge in [-0.1, -0.05) is 35.0 Å². The van der Waals surface area contributed by atoms with Gasteiger partial charge < -0.3 is 21.0 Å². The van der Waals surface area contributed by atoms with Crippen LogP contribution in [0.5, 0.6) is 0 Å². The Hall–Kier alpha value is -2.31. The molecular formula is C15H16ClN5O5S2. The summed E-state index contributed by atoms with van der Waals surface area (Å²) >= 11 is 8.40. The van der Waals surface area contributed by atoms with Crippen LogP contribution in [-0.4, -0.2) is 62.8 Å². The number of nitrogens with one attached hydrogen (secondary N) is 1. The highest BCUT2D eigenvalue weighted by molar-refractivity contribution is 8.00. The molecule has 0 bridgehead atoms. The Bertz CT molecular complexity index is 915. The summed E-state index contributed by atoms with van der Waals surface area (Å²) in [6.45, 7) is 1.83. The Morgan fingerprint density at radius 2 is 2.25 bits per heavy atom. The number of carbonyl (C=O) groups is 3. The summed E-state index contributed by atoms with van der Waals surface area (Å²) in [4.78, 5) is 46.7. The number of hydrogen-bond donors (Lipinski definition) is 3. The minimum Gasteiger partial charge on any atom is -0.477 e. The number of thioether (sulfide) groups is 1. The van der Waals surface area contributed by atoms with Crippen LogP contribution < -0.4 is 11.1 Å². The molecule has 1 fully saturated rings. The van der Waals surface area contributed by atoms with Gasteiger partial charge in [0.25, 0.3) is 11.8 Å². The van der Waals surface area contributed by atoms with E-state index in [0.29, 0.717) is 17.7 Å². The van der Waals surface area contributed by atoms with Crippen LogP contribution in [0.2, 0.25) is 4.34 Å². The summed E-state index contributed by atoms with van der Waals surface area (Å²) in [7, 11) is 1.25. The lowest BCUT2D eigenvalue weighted by atomic mass is 10.0. The van der Waals surface area contributed by atoms with Gasteiger partial charge in [0.15, 0.2) is 10.8 Å². The van der Waals surface area contributed by atoms with Crippen LogP contribution in [0, 0.1) is 0 Å². The summed E-state index contributed by atoms with van der Waals surface area (Å²) < 4.78 is 0.153. The van der Waals surface area contributed by atoms with E-state index in [0.717, 1.165) is 11.3 Å². The molecule has 1 saturated heterocycles. The van der Waals surface area contributed by atoms with Gasteiger partial charge in [0.05, 0.1) is 0 Å². The summed E-state index contributed by atoms with van der Waals surface area (Å²) in [5, 5.41) is 15.3. The van der Waals surface area contributed by atoms with Crippen molar-refractivity contribution in [2.45, 2.75) is 24.8 Å². The van der Waals surface area contributed by atoms with Crippen LogP contribution in [0.1, 0.15) is 19.0 Å². The first-order valence-electron chi connectivity index (χ1n) is 8.04. The second-order valence-corrected chi connectivity index (χ2v) is 8.51. The number of nitrogens with zero attached hydrogens (tertiary/aromatic N) is 3. The zero-order chi connectivity index (χ0) is 20.6. The number of hydrogen-bond acceptors (Lipinski definition) is 9. The normalized spacial score (nSPS) is 21.9. The van der Waals surface area contributed by atoms with E-state index in [4.69, 9.17) is 22.2 Å². The third-order valence-corrected chi connectivity index (χ3v) is 6.61. The van der Waals surface area contributed by atoms with Crippen molar-refractivity contribution in [1.82, 2.24) is 15.2 Å². The number of carbonyl (C=O) groups excluding carboxylic acids is 2. The number of fused-ring (bicyclic) bond motifs is 1. The Balaban J connectivity index is 1.81. The highest BCUT2D eigenvalue weighted by Crippen LogP contribution is 2.41. The zero-order valence-electron chi connectivity index (χ0n) is 14.8. The molecule has 2 aliphatic rings. The van der Waals surface area contributed by atoms with Crippen molar-refractivity contribution in [3.8, 4) is 0 Å². The van der Waals surface area contributed by atoms with Crippen molar-refractivity contribution >= 4 is 63.3 Å². The van der Waals surface area contributed by atoms with E-state index in [1.54, 1.807) is 0 Å². The van der Waals surface area contributed by atoms with Gasteiger partial charge in [-0.2, -0.15) is 0 Å². The highest BCUT2D eigenvalue weighted by Gasteiger charge is 2.54. The first-order chi connectivity index (χ1) is 13.3. The quantitative estimate of drug-likeness (QED) is 0.332. The number of aliphatic carboxylic acids is 1. The minimum atomic E-state index is -1.16. The van der Waals surface area contributed by atoms with Crippen LogP contribution in [0.25, 0.3) is 0 Å². The van der Waals surface area contributed by atoms with Gasteiger partial charge in [-0.05, 0) is 12.0 Å². The minimum absolute atomic E-state index is 0.0112. The fraction of sp³-hybridized carbons (Fsp3) is 0.400. The van der Waals surface area contributed by atoms with Crippen molar-refractivity contribution < 1.29 is 24.3 Å². The second kappa shape index (κ2) is 7.97. The number of aromatic nitrogens is 1. The van der Waals surface area contributed by atoms with Gasteiger partial charge in [0.1, 0.15) is 34.3 Å². The number of oxime groups is 1. The number of carboxylic acid groups (broad SMARTS) is 1. The van der Waals surface area contributed by atoms with Gasteiger partial charge in [-0.3, -0.25) is 14.5 Å². The number of anilines is 1. The molecule has 150 valence electrons. The average molecular weight is 446 g/mol. The molecule has 2 atom stereocenters. The summed E-state index contributed by atoms with van der Waals surface area (Å²) in [6, 6.07) is -0.901. The number of thiazole rings is 1. The standard InChI is InChI=1S/C15H16ClN5O5S2/c1-3-5-4-27-13-8(12(23)21(13)9(5)14(24)25)18-11(22)7(20-26-2)6-10(16)28-15(17)19-6/h8,13H,3-4H2,1-2H3,(H2,17,19)(H,18,22)(H,24,25)/b20-7-/t8-,13-/m1/s1. The molecule has 2 amide bonds. The third kappa shape index (κ3) is 3.42. The number of rotatable bonds is 6. The largest absolute Gasteiger partial charge is 0.477 e. The molecule has 3 rings (SSSR count). The third-order valence-electron chi connectivity index (χ3n) is 4.19. The number of β-lactam (4-membered cyclic amide) rings is 1. The van der Waals surface area contributed by atoms with Crippen LogP contribution in [-0.2, 0) is 19.2 Å². The lowest BCUT2D eigenvalue weighted by Gasteiger charge is -2.49. The Morgan fingerprint density at radius 1 is 1.54 bits per heavy atom. The SMILES string of the molecule is CCC1=C(C(=O)O)N2C(=O)[C@@H](NC(=O)/C(=N\OC)c3nc(N)sc3Cl)[C@H]2SC1. The van der Waals surface area contributed by atoms with Crippen molar-refractivity contribution in [2.75, 3.05) is 18.6 Å². The van der Waals surface area contributed by atoms with Gasteiger partial charge >= 0.3 is 5.97 Å². The zero-order valence-corrected chi connectivity index (χ0v) is 17.2. The molecule has 0 unspecified atom stereocenters. The summed E-state index contributed by atoms with van der Waals surface area (Å²) in [6.07, 6.45) is 0.524. The average Bonchev–Trinajstić information content (AvgIpc) is 3.00. The first kappa shape index (κ1) is 20.4. The van der Waals surface area contributed by atoms with Crippen molar-refractivity contribution in [2.24, 2.45) is 5.16 Å². The molecule has 3 heterocycles. The molecule has 0 saturated carbocycles. The van der Waals surface area contributed by atoms with Crippen LogP contribution in [0.3, 0.4) is 0 Å². The van der Waals surface area contributed by atoms with Gasteiger partial charge in [-0.25, -0.2) is 9.78 Å². The van der Waals surface area contributed by atoms with E-state index in [1.807, 2.05) is 6.92 Å². The molecule has 0 aromatic carbocycles.